The first-order chi connectivity index (χ1) is 23.0. The summed E-state index contributed by atoms with van der Waals surface area (Å²) in [7, 11) is 1.57. The van der Waals surface area contributed by atoms with Gasteiger partial charge in [0.25, 0.3) is 0 Å². The van der Waals surface area contributed by atoms with Gasteiger partial charge in [0.1, 0.15) is 11.7 Å². The Bertz CT molecular complexity index is 1230. The van der Waals surface area contributed by atoms with E-state index in [4.69, 9.17) is 18.9 Å². The normalized spacial score (nSPS) is 37.7. The van der Waals surface area contributed by atoms with Gasteiger partial charge in [-0.25, -0.2) is 4.79 Å². The average Bonchev–Trinajstić information content (AvgIpc) is 3.46. The first-order valence-electron chi connectivity index (χ1n) is 18.2. The van der Waals surface area contributed by atoms with E-state index in [2.05, 4.69) is 18.7 Å². The summed E-state index contributed by atoms with van der Waals surface area (Å²) >= 11 is 0. The molecule has 3 fully saturated rings. The molecule has 0 aromatic rings. The SMILES string of the molecule is CCC(O)C(C)C1OC1CC(C)(O)/C=C/C=C(\C)C1OC(=O)CC(O)CCC(C)(OC)C(OC(=O)N2C[C@H]3C[C@@H]2CN3C(C)C)/C=C/C1C. The van der Waals surface area contributed by atoms with Crippen molar-refractivity contribution in [3.63, 3.8) is 0 Å². The van der Waals surface area contributed by atoms with Gasteiger partial charge in [-0.15, -0.1) is 0 Å². The average molecular weight is 691 g/mol. The minimum absolute atomic E-state index is 0.00312. The van der Waals surface area contributed by atoms with Gasteiger partial charge in [0.2, 0.25) is 0 Å². The molecular weight excluding hydrogens is 628 g/mol. The second-order valence-corrected chi connectivity index (χ2v) is 15.7. The van der Waals surface area contributed by atoms with Gasteiger partial charge < -0.3 is 39.2 Å². The first-order valence-corrected chi connectivity index (χ1v) is 18.2. The molecule has 2 bridgehead atoms. The van der Waals surface area contributed by atoms with Crippen molar-refractivity contribution < 1.29 is 43.9 Å². The minimum Gasteiger partial charge on any atom is -0.457 e. The summed E-state index contributed by atoms with van der Waals surface area (Å²) < 4.78 is 23.9. The molecule has 0 aromatic carbocycles. The molecule has 11 heteroatoms. The molecule has 0 aliphatic carbocycles. The van der Waals surface area contributed by atoms with Crippen LogP contribution in [0.4, 0.5) is 4.79 Å². The summed E-state index contributed by atoms with van der Waals surface area (Å²) in [6, 6.07) is 0.875. The van der Waals surface area contributed by atoms with Crippen molar-refractivity contribution in [3.8, 4) is 0 Å². The van der Waals surface area contributed by atoms with Crippen LogP contribution in [-0.2, 0) is 23.7 Å². The van der Waals surface area contributed by atoms with E-state index >= 15 is 0 Å². The van der Waals surface area contributed by atoms with E-state index in [0.29, 0.717) is 37.9 Å². The molecule has 1 amide bonds. The highest BCUT2D eigenvalue weighted by Crippen LogP contribution is 2.38. The molecule has 0 saturated carbocycles. The van der Waals surface area contributed by atoms with E-state index in [-0.39, 0.29) is 49.0 Å². The summed E-state index contributed by atoms with van der Waals surface area (Å²) in [4.78, 5) is 30.9. The number of methoxy groups -OCH3 is 1. The molecule has 4 heterocycles. The molecule has 3 N–H and O–H groups in total. The largest absolute Gasteiger partial charge is 0.457 e. The van der Waals surface area contributed by atoms with E-state index in [1.165, 1.54) is 0 Å². The van der Waals surface area contributed by atoms with Crippen molar-refractivity contribution in [2.75, 3.05) is 20.2 Å². The number of allylic oxidation sites excluding steroid dienone is 2. The van der Waals surface area contributed by atoms with Gasteiger partial charge in [-0.2, -0.15) is 0 Å². The predicted molar refractivity (Wildman–Crippen MR) is 187 cm³/mol. The van der Waals surface area contributed by atoms with Gasteiger partial charge in [0.15, 0.2) is 6.10 Å². The fourth-order valence-corrected chi connectivity index (χ4v) is 7.74. The Morgan fingerprint density at radius 3 is 2.55 bits per heavy atom. The second kappa shape index (κ2) is 16.4. The fourth-order valence-electron chi connectivity index (χ4n) is 7.74. The van der Waals surface area contributed by atoms with Gasteiger partial charge in [-0.1, -0.05) is 45.1 Å². The molecule has 10 unspecified atom stereocenters. The molecule has 0 spiro atoms. The number of amides is 1. The van der Waals surface area contributed by atoms with E-state index < -0.39 is 41.6 Å². The Kier molecular flexibility index (Phi) is 13.2. The molecule has 4 aliphatic rings. The molecule has 4 aliphatic heterocycles. The van der Waals surface area contributed by atoms with Crippen molar-refractivity contribution in [2.24, 2.45) is 11.8 Å². The third-order valence-electron chi connectivity index (χ3n) is 11.2. The highest BCUT2D eigenvalue weighted by Gasteiger charge is 2.49. The van der Waals surface area contributed by atoms with Crippen molar-refractivity contribution >= 4 is 12.1 Å². The highest BCUT2D eigenvalue weighted by atomic mass is 16.6. The summed E-state index contributed by atoms with van der Waals surface area (Å²) in [5.41, 5.74) is -1.34. The van der Waals surface area contributed by atoms with Crippen molar-refractivity contribution in [2.45, 2.75) is 160 Å². The van der Waals surface area contributed by atoms with Gasteiger partial charge in [0, 0.05) is 56.6 Å². The number of likely N-dealkylation sites (tertiary alicyclic amines) is 2. The monoisotopic (exact) mass is 690 g/mol. The third kappa shape index (κ3) is 9.95. The number of piperazine rings is 1. The van der Waals surface area contributed by atoms with Gasteiger partial charge >= 0.3 is 12.1 Å². The predicted octanol–water partition coefficient (Wildman–Crippen LogP) is 4.53. The lowest BCUT2D eigenvalue weighted by atomic mass is 9.88. The number of cyclic esters (lactones) is 1. The van der Waals surface area contributed by atoms with Crippen molar-refractivity contribution in [1.29, 1.82) is 0 Å². The van der Waals surface area contributed by atoms with Crippen LogP contribution in [0.1, 0.15) is 93.9 Å². The van der Waals surface area contributed by atoms with E-state index in [9.17, 15) is 24.9 Å². The molecule has 3 saturated heterocycles. The number of hydrogen-bond donors (Lipinski definition) is 3. The number of esters is 1. The molecular formula is C38H62N2O9. The lowest BCUT2D eigenvalue weighted by molar-refractivity contribution is -0.151. The number of carbonyl (C=O) groups is 2. The van der Waals surface area contributed by atoms with Gasteiger partial charge in [-0.3, -0.25) is 9.69 Å². The number of rotatable bonds is 11. The zero-order valence-electron chi connectivity index (χ0n) is 31.1. The standard InChI is InChI=1S/C38H62N2O9/c1-10-30(42)26(6)35-31(47-35)20-37(7,45)16-11-12-24(4)34-25(5)13-14-32(38(8,46-9)17-15-29(41)19-33(43)49-34)48-36(44)40-22-27-18-28(40)21-39(27)23(2)3/h11-14,16,23,25-32,34-35,41-42,45H,10,15,17-22H2,1-9H3/b14-13+,16-11+,24-12+/t25?,26?,27-,28-,29?,30?,31?,32?,34?,35?,37?,38?/m1/s1. The molecule has 49 heavy (non-hydrogen) atoms. The van der Waals surface area contributed by atoms with Crippen LogP contribution in [0.3, 0.4) is 0 Å². The number of aliphatic hydroxyl groups excluding tert-OH is 2. The molecule has 12 atom stereocenters. The van der Waals surface area contributed by atoms with Gasteiger partial charge in [0.05, 0.1) is 36.4 Å². The Morgan fingerprint density at radius 1 is 1.22 bits per heavy atom. The number of ether oxygens (including phenoxy) is 4. The number of nitrogens with zero attached hydrogens (tertiary/aromatic N) is 2. The summed E-state index contributed by atoms with van der Waals surface area (Å²) in [6.07, 6.45) is 8.04. The van der Waals surface area contributed by atoms with Crippen LogP contribution in [0.2, 0.25) is 0 Å². The van der Waals surface area contributed by atoms with Crippen molar-refractivity contribution in [3.05, 3.63) is 36.0 Å². The van der Waals surface area contributed by atoms with Crippen LogP contribution in [0.25, 0.3) is 0 Å². The lowest BCUT2D eigenvalue weighted by Gasteiger charge is -2.39. The maximum absolute atomic E-state index is 13.6. The second-order valence-electron chi connectivity index (χ2n) is 15.7. The topological polar surface area (TPSA) is 142 Å². The molecule has 4 rings (SSSR count). The van der Waals surface area contributed by atoms with Gasteiger partial charge in [-0.05, 0) is 72.0 Å². The first kappa shape index (κ1) is 39.5. The Morgan fingerprint density at radius 2 is 1.94 bits per heavy atom. The summed E-state index contributed by atoms with van der Waals surface area (Å²) in [5, 5.41) is 32.0. The number of fused-ring (bicyclic) bond motifs is 2. The molecule has 278 valence electrons. The van der Waals surface area contributed by atoms with E-state index in [0.717, 1.165) is 18.5 Å². The maximum atomic E-state index is 13.6. The summed E-state index contributed by atoms with van der Waals surface area (Å²) in [5.74, 6) is -0.830. The number of epoxide rings is 1. The van der Waals surface area contributed by atoms with Crippen LogP contribution < -0.4 is 0 Å². The van der Waals surface area contributed by atoms with E-state index in [1.54, 1.807) is 26.2 Å². The van der Waals surface area contributed by atoms with Crippen LogP contribution in [0.15, 0.2) is 36.0 Å². The van der Waals surface area contributed by atoms with Crippen molar-refractivity contribution in [1.82, 2.24) is 9.80 Å². The van der Waals surface area contributed by atoms with Crippen LogP contribution in [-0.4, -0.2) is 123 Å². The number of hydrogen-bond acceptors (Lipinski definition) is 10. The molecule has 0 radical (unpaired) electrons. The zero-order chi connectivity index (χ0) is 36.3. The lowest BCUT2D eigenvalue weighted by Crippen LogP contribution is -2.53. The maximum Gasteiger partial charge on any atom is 0.410 e. The minimum atomic E-state index is -1.14. The Hall–Kier alpha value is -2.28. The zero-order valence-corrected chi connectivity index (χ0v) is 31.1. The fraction of sp³-hybridized carbons (Fsp3) is 0.789. The molecule has 0 aromatic heterocycles. The Balaban J connectivity index is 1.48. The quantitative estimate of drug-likeness (QED) is 0.123. The Labute approximate surface area is 293 Å². The van der Waals surface area contributed by atoms with Crippen LogP contribution in [0, 0.1) is 11.8 Å². The van der Waals surface area contributed by atoms with Crippen LogP contribution >= 0.6 is 0 Å². The van der Waals surface area contributed by atoms with Crippen LogP contribution in [0.5, 0.6) is 0 Å². The number of carbonyl (C=O) groups excluding carboxylic acids is 2. The summed E-state index contributed by atoms with van der Waals surface area (Å²) in [6.45, 7) is 17.1. The third-order valence-corrected chi connectivity index (χ3v) is 11.2. The molecule has 11 nitrogen and oxygen atoms in total. The highest BCUT2D eigenvalue weighted by molar-refractivity contribution is 5.71. The smallest absolute Gasteiger partial charge is 0.410 e. The number of aliphatic hydroxyl groups is 3. The van der Waals surface area contributed by atoms with E-state index in [1.807, 2.05) is 57.7 Å².